The third kappa shape index (κ3) is 3.76. The van der Waals surface area contributed by atoms with Crippen molar-refractivity contribution in [3.8, 4) is 5.69 Å². The Morgan fingerprint density at radius 3 is 2.76 bits per heavy atom. The Hall–Kier alpha value is -3.10. The molecule has 3 aromatic rings. The van der Waals surface area contributed by atoms with Crippen molar-refractivity contribution in [3.63, 3.8) is 0 Å². The van der Waals surface area contributed by atoms with Crippen molar-refractivity contribution in [2.75, 3.05) is 13.1 Å². The summed E-state index contributed by atoms with van der Waals surface area (Å²) in [5.74, 6) is 1.01. The smallest absolute Gasteiger partial charge is 0.293 e. The lowest BCUT2D eigenvalue weighted by Gasteiger charge is -2.30. The zero-order valence-corrected chi connectivity index (χ0v) is 16.7. The number of nitrogens with zero attached hydrogens (tertiary/aromatic N) is 6. The number of rotatable bonds is 4. The van der Waals surface area contributed by atoms with Gasteiger partial charge in [0.1, 0.15) is 17.3 Å². The van der Waals surface area contributed by atoms with Gasteiger partial charge in [-0.05, 0) is 31.9 Å². The molecule has 4 rings (SSSR count). The van der Waals surface area contributed by atoms with Crippen LogP contribution in [0.15, 0.2) is 28.8 Å². The van der Waals surface area contributed by atoms with Crippen molar-refractivity contribution in [3.05, 3.63) is 53.4 Å². The molecular weight excluding hydrogens is 375 g/mol. The fraction of sp³-hybridized carbons (Fsp3) is 0.450. The summed E-state index contributed by atoms with van der Waals surface area (Å²) >= 11 is 0. The van der Waals surface area contributed by atoms with E-state index in [9.17, 15) is 9.18 Å². The monoisotopic (exact) mass is 398 g/mol. The Balaban J connectivity index is 1.62. The molecule has 0 saturated carbocycles. The highest BCUT2D eigenvalue weighted by Crippen LogP contribution is 2.27. The number of carbonyl (C=O) groups excluding carboxylic acids is 1. The number of para-hydroxylation sites is 1. The van der Waals surface area contributed by atoms with Crippen LogP contribution in [0.1, 0.15) is 66.7 Å². The molecule has 1 atom stereocenters. The first-order valence-corrected chi connectivity index (χ1v) is 9.75. The van der Waals surface area contributed by atoms with Gasteiger partial charge < -0.3 is 9.42 Å². The molecule has 1 fully saturated rings. The zero-order valence-electron chi connectivity index (χ0n) is 16.7. The third-order valence-corrected chi connectivity index (χ3v) is 5.02. The normalized spacial score (nSPS) is 17.1. The van der Waals surface area contributed by atoms with Crippen LogP contribution in [0, 0.1) is 12.7 Å². The van der Waals surface area contributed by atoms with E-state index in [2.05, 4.69) is 20.2 Å². The molecule has 0 unspecified atom stereocenters. The summed E-state index contributed by atoms with van der Waals surface area (Å²) in [4.78, 5) is 23.6. The summed E-state index contributed by atoms with van der Waals surface area (Å²) < 4.78 is 21.0. The molecule has 0 aliphatic carbocycles. The number of carbonyl (C=O) groups is 1. The van der Waals surface area contributed by atoms with Crippen LogP contribution in [0.3, 0.4) is 0 Å². The second-order valence-electron chi connectivity index (χ2n) is 7.58. The zero-order chi connectivity index (χ0) is 20.5. The lowest BCUT2D eigenvalue weighted by atomic mass is 9.98. The minimum atomic E-state index is -0.414. The highest BCUT2D eigenvalue weighted by atomic mass is 19.1. The van der Waals surface area contributed by atoms with Crippen LogP contribution < -0.4 is 0 Å². The van der Waals surface area contributed by atoms with Gasteiger partial charge in [-0.1, -0.05) is 31.1 Å². The molecule has 0 radical (unpaired) electrons. The maximum atomic E-state index is 14.3. The number of hydrogen-bond acceptors (Lipinski definition) is 6. The number of benzene rings is 1. The van der Waals surface area contributed by atoms with Crippen LogP contribution in [0.25, 0.3) is 5.69 Å². The molecule has 29 heavy (non-hydrogen) atoms. The van der Waals surface area contributed by atoms with Gasteiger partial charge in [0.15, 0.2) is 5.82 Å². The van der Waals surface area contributed by atoms with Crippen molar-refractivity contribution >= 4 is 5.91 Å². The van der Waals surface area contributed by atoms with Crippen molar-refractivity contribution in [2.45, 2.75) is 45.4 Å². The van der Waals surface area contributed by atoms with E-state index < -0.39 is 5.82 Å². The summed E-state index contributed by atoms with van der Waals surface area (Å²) in [5, 5.41) is 8.21. The van der Waals surface area contributed by atoms with Gasteiger partial charge in [0.2, 0.25) is 11.7 Å². The van der Waals surface area contributed by atoms with Crippen molar-refractivity contribution < 1.29 is 13.7 Å². The molecule has 2 aromatic heterocycles. The highest BCUT2D eigenvalue weighted by molar-refractivity contribution is 5.90. The summed E-state index contributed by atoms with van der Waals surface area (Å²) in [6.45, 7) is 6.71. The SMILES string of the molecule is Cc1noc([C@H]2CCCN(C(=O)c3nc(C(C)C)n(-c4ccccc4F)n3)C2)n1. The largest absolute Gasteiger partial charge is 0.339 e. The fourth-order valence-corrected chi connectivity index (χ4v) is 3.57. The van der Waals surface area contributed by atoms with Gasteiger partial charge >= 0.3 is 0 Å². The lowest BCUT2D eigenvalue weighted by Crippen LogP contribution is -2.39. The van der Waals surface area contributed by atoms with Gasteiger partial charge in [-0.3, -0.25) is 4.79 Å². The van der Waals surface area contributed by atoms with Gasteiger partial charge in [0.05, 0.1) is 5.92 Å². The molecular formula is C20H23FN6O2. The van der Waals surface area contributed by atoms with E-state index in [0.717, 1.165) is 12.8 Å². The minimum absolute atomic E-state index is 0.00729. The topological polar surface area (TPSA) is 89.9 Å². The molecule has 0 spiro atoms. The summed E-state index contributed by atoms with van der Waals surface area (Å²) in [6, 6.07) is 6.33. The van der Waals surface area contributed by atoms with Crippen molar-refractivity contribution in [1.82, 2.24) is 29.8 Å². The first-order chi connectivity index (χ1) is 13.9. The Bertz CT molecular complexity index is 1030. The second kappa shape index (κ2) is 7.73. The van der Waals surface area contributed by atoms with Gasteiger partial charge in [0, 0.05) is 19.0 Å². The maximum Gasteiger partial charge on any atom is 0.293 e. The van der Waals surface area contributed by atoms with E-state index >= 15 is 0 Å². The van der Waals surface area contributed by atoms with E-state index in [1.54, 1.807) is 30.0 Å². The van der Waals surface area contributed by atoms with E-state index in [1.165, 1.54) is 10.7 Å². The average molecular weight is 398 g/mol. The average Bonchev–Trinajstić information content (AvgIpc) is 3.35. The Kier molecular flexibility index (Phi) is 5.12. The first-order valence-electron chi connectivity index (χ1n) is 9.75. The van der Waals surface area contributed by atoms with Gasteiger partial charge in [-0.15, -0.1) is 5.10 Å². The molecule has 3 heterocycles. The predicted octanol–water partition coefficient (Wildman–Crippen LogP) is 3.24. The van der Waals surface area contributed by atoms with E-state index in [0.29, 0.717) is 30.6 Å². The van der Waals surface area contributed by atoms with E-state index in [4.69, 9.17) is 4.52 Å². The Labute approximate surface area is 167 Å². The minimum Gasteiger partial charge on any atom is -0.339 e. The van der Waals surface area contributed by atoms with Crippen molar-refractivity contribution in [1.29, 1.82) is 0 Å². The summed E-state index contributed by atoms with van der Waals surface area (Å²) in [7, 11) is 0. The number of aromatic nitrogens is 5. The molecule has 8 nitrogen and oxygen atoms in total. The molecule has 152 valence electrons. The molecule has 9 heteroatoms. The predicted molar refractivity (Wildman–Crippen MR) is 102 cm³/mol. The highest BCUT2D eigenvalue weighted by Gasteiger charge is 2.31. The van der Waals surface area contributed by atoms with Gasteiger partial charge in [-0.25, -0.2) is 14.1 Å². The third-order valence-electron chi connectivity index (χ3n) is 5.02. The molecule has 1 saturated heterocycles. The molecule has 1 aliphatic heterocycles. The number of likely N-dealkylation sites (tertiary alicyclic amines) is 1. The first kappa shape index (κ1) is 19.2. The van der Waals surface area contributed by atoms with Crippen LogP contribution in [0.2, 0.25) is 0 Å². The Morgan fingerprint density at radius 1 is 1.28 bits per heavy atom. The molecule has 0 N–H and O–H groups in total. The van der Waals surface area contributed by atoms with Crippen LogP contribution in [0.5, 0.6) is 0 Å². The quantitative estimate of drug-likeness (QED) is 0.670. The number of halogens is 1. The van der Waals surface area contributed by atoms with Crippen LogP contribution in [-0.2, 0) is 0 Å². The lowest BCUT2D eigenvalue weighted by molar-refractivity contribution is 0.0683. The second-order valence-corrected chi connectivity index (χ2v) is 7.58. The number of amides is 1. The Morgan fingerprint density at radius 2 is 2.07 bits per heavy atom. The summed E-state index contributed by atoms with van der Waals surface area (Å²) in [5.41, 5.74) is 0.278. The fourth-order valence-electron chi connectivity index (χ4n) is 3.57. The van der Waals surface area contributed by atoms with E-state index in [1.807, 2.05) is 13.8 Å². The van der Waals surface area contributed by atoms with Gasteiger partial charge in [-0.2, -0.15) is 4.98 Å². The standard InChI is InChI=1S/C20H23FN6O2/c1-12(2)18-23-17(24-27(18)16-9-5-4-8-15(16)21)20(28)26-10-6-7-14(11-26)19-22-13(3)25-29-19/h4-5,8-9,12,14H,6-7,10-11H2,1-3H3/t14-/m0/s1. The van der Waals surface area contributed by atoms with E-state index in [-0.39, 0.29) is 29.3 Å². The van der Waals surface area contributed by atoms with Crippen LogP contribution >= 0.6 is 0 Å². The van der Waals surface area contributed by atoms with Crippen molar-refractivity contribution in [2.24, 2.45) is 0 Å². The molecule has 0 bridgehead atoms. The van der Waals surface area contributed by atoms with Crippen LogP contribution in [-0.4, -0.2) is 48.8 Å². The van der Waals surface area contributed by atoms with Crippen LogP contribution in [0.4, 0.5) is 4.39 Å². The maximum absolute atomic E-state index is 14.3. The van der Waals surface area contributed by atoms with Gasteiger partial charge in [0.25, 0.3) is 5.91 Å². The molecule has 1 amide bonds. The summed E-state index contributed by atoms with van der Waals surface area (Å²) in [6.07, 6.45) is 1.70. The molecule has 1 aromatic carbocycles. The number of aryl methyl sites for hydroxylation is 1. The number of hydrogen-bond donors (Lipinski definition) is 0. The molecule has 1 aliphatic rings. The number of piperidine rings is 1.